The van der Waals surface area contributed by atoms with E-state index in [2.05, 4.69) is 10.0 Å². The van der Waals surface area contributed by atoms with Gasteiger partial charge in [-0.2, -0.15) is 0 Å². The van der Waals surface area contributed by atoms with Crippen LogP contribution in [0.2, 0.25) is 0 Å². The maximum absolute atomic E-state index is 13.0. The van der Waals surface area contributed by atoms with E-state index in [0.717, 1.165) is 5.39 Å². The van der Waals surface area contributed by atoms with Gasteiger partial charge in [-0.3, -0.25) is 4.79 Å². The van der Waals surface area contributed by atoms with Gasteiger partial charge in [0.15, 0.2) is 0 Å². The van der Waals surface area contributed by atoms with Gasteiger partial charge in [-0.1, -0.05) is 36.4 Å². The van der Waals surface area contributed by atoms with Crippen molar-refractivity contribution in [3.05, 3.63) is 71.8 Å². The lowest BCUT2D eigenvalue weighted by molar-refractivity contribution is 0.0963. The second-order valence-electron chi connectivity index (χ2n) is 6.88. The number of amides is 1. The minimum Gasteiger partial charge on any atom is -0.490 e. The minimum atomic E-state index is -3.78. The first-order valence-corrected chi connectivity index (χ1v) is 10.8. The largest absolute Gasteiger partial charge is 0.490 e. The van der Waals surface area contributed by atoms with Gasteiger partial charge in [-0.15, -0.1) is 0 Å². The molecule has 0 aliphatic heterocycles. The summed E-state index contributed by atoms with van der Waals surface area (Å²) >= 11 is 0. The highest BCUT2D eigenvalue weighted by atomic mass is 32.2. The first kappa shape index (κ1) is 20.8. The summed E-state index contributed by atoms with van der Waals surface area (Å²) in [6.07, 6.45) is -0.0217. The summed E-state index contributed by atoms with van der Waals surface area (Å²) in [5, 5.41) is 3.89. The second-order valence-corrected chi connectivity index (χ2v) is 8.61. The Bertz CT molecular complexity index is 1140. The Morgan fingerprint density at radius 3 is 2.41 bits per heavy atom. The summed E-state index contributed by atoms with van der Waals surface area (Å²) in [4.78, 5) is 12.0. The molecule has 0 aliphatic rings. The van der Waals surface area contributed by atoms with E-state index in [9.17, 15) is 13.2 Å². The maximum atomic E-state index is 13.0. The maximum Gasteiger partial charge on any atom is 0.251 e. The molecule has 0 atom stereocenters. The topological polar surface area (TPSA) is 84.5 Å². The molecule has 6 nitrogen and oxygen atoms in total. The third-order valence-corrected chi connectivity index (χ3v) is 5.84. The number of hydrogen-bond acceptors (Lipinski definition) is 4. The van der Waals surface area contributed by atoms with E-state index in [1.165, 1.54) is 0 Å². The highest BCUT2D eigenvalue weighted by Gasteiger charge is 2.19. The van der Waals surface area contributed by atoms with Crippen LogP contribution in [-0.4, -0.2) is 27.5 Å². The van der Waals surface area contributed by atoms with Crippen LogP contribution in [0.15, 0.2) is 65.6 Å². The number of ether oxygens (including phenoxy) is 1. The van der Waals surface area contributed by atoms with Gasteiger partial charge in [-0.05, 0) is 43.7 Å². The average Bonchev–Trinajstić information content (AvgIpc) is 2.71. The zero-order valence-electron chi connectivity index (χ0n) is 16.6. The quantitative estimate of drug-likeness (QED) is 0.622. The third-order valence-electron chi connectivity index (χ3n) is 4.38. The second kappa shape index (κ2) is 8.63. The molecule has 29 heavy (non-hydrogen) atoms. The Balaban J connectivity index is 1.90. The highest BCUT2D eigenvalue weighted by Crippen LogP contribution is 2.31. The number of hydrogen-bond donors (Lipinski definition) is 2. The molecule has 0 unspecified atom stereocenters. The number of carbonyl (C=O) groups excluding carboxylic acids is 1. The van der Waals surface area contributed by atoms with Crippen LogP contribution in [0.1, 0.15) is 29.8 Å². The van der Waals surface area contributed by atoms with Crippen molar-refractivity contribution in [2.24, 2.45) is 0 Å². The Kier molecular flexibility index (Phi) is 6.20. The lowest BCUT2D eigenvalue weighted by Gasteiger charge is -2.15. The van der Waals surface area contributed by atoms with Gasteiger partial charge in [0.1, 0.15) is 5.75 Å². The molecule has 152 valence electrons. The molecule has 3 aromatic rings. The standard InChI is InChI=1S/C22H24N2O4S/c1-15(2)28-20-11-12-21(19-10-5-4-9-18(19)20)29(26,27)24-14-16-7-6-8-17(13-16)22(25)23-3/h4-13,15,24H,14H2,1-3H3,(H,23,25). The predicted molar refractivity (Wildman–Crippen MR) is 114 cm³/mol. The fraction of sp³-hybridized carbons (Fsp3) is 0.227. The van der Waals surface area contributed by atoms with E-state index < -0.39 is 10.0 Å². The number of benzene rings is 3. The fourth-order valence-electron chi connectivity index (χ4n) is 3.06. The molecule has 2 N–H and O–H groups in total. The molecule has 3 aromatic carbocycles. The Labute approximate surface area is 170 Å². The van der Waals surface area contributed by atoms with Crippen LogP contribution in [0, 0.1) is 0 Å². The Morgan fingerprint density at radius 1 is 1.00 bits per heavy atom. The SMILES string of the molecule is CNC(=O)c1cccc(CNS(=O)(=O)c2ccc(OC(C)C)c3ccccc23)c1. The molecule has 0 aliphatic carbocycles. The molecule has 0 saturated heterocycles. The van der Waals surface area contributed by atoms with Crippen molar-refractivity contribution in [1.82, 2.24) is 10.0 Å². The van der Waals surface area contributed by atoms with Crippen LogP contribution in [0.5, 0.6) is 5.75 Å². The van der Waals surface area contributed by atoms with Crippen LogP contribution in [0.25, 0.3) is 10.8 Å². The van der Waals surface area contributed by atoms with Crippen molar-refractivity contribution in [3.63, 3.8) is 0 Å². The summed E-state index contributed by atoms with van der Waals surface area (Å²) in [5.74, 6) is 0.425. The minimum absolute atomic E-state index is 0.0217. The summed E-state index contributed by atoms with van der Waals surface area (Å²) in [6.45, 7) is 3.92. The predicted octanol–water partition coefficient (Wildman–Crippen LogP) is 3.47. The van der Waals surface area contributed by atoms with Crippen LogP contribution < -0.4 is 14.8 Å². The van der Waals surface area contributed by atoms with E-state index in [0.29, 0.717) is 22.3 Å². The van der Waals surface area contributed by atoms with Crippen LogP contribution in [0.3, 0.4) is 0 Å². The smallest absolute Gasteiger partial charge is 0.251 e. The summed E-state index contributed by atoms with van der Waals surface area (Å²) < 4.78 is 34.4. The molecule has 0 aromatic heterocycles. The first-order valence-electron chi connectivity index (χ1n) is 9.31. The highest BCUT2D eigenvalue weighted by molar-refractivity contribution is 7.89. The van der Waals surface area contributed by atoms with Crippen LogP contribution in [-0.2, 0) is 16.6 Å². The summed E-state index contributed by atoms with van der Waals surface area (Å²) in [5.41, 5.74) is 1.17. The Morgan fingerprint density at radius 2 is 1.72 bits per heavy atom. The third kappa shape index (κ3) is 4.75. The zero-order valence-corrected chi connectivity index (χ0v) is 17.4. The monoisotopic (exact) mass is 412 g/mol. The Hall–Kier alpha value is -2.90. The van der Waals surface area contributed by atoms with E-state index in [1.807, 2.05) is 26.0 Å². The number of rotatable bonds is 7. The molecule has 0 heterocycles. The number of fused-ring (bicyclic) bond motifs is 1. The van der Waals surface area contributed by atoms with Crippen LogP contribution in [0.4, 0.5) is 0 Å². The molecule has 0 spiro atoms. The van der Waals surface area contributed by atoms with Crippen molar-refractivity contribution in [2.45, 2.75) is 31.4 Å². The lowest BCUT2D eigenvalue weighted by Crippen LogP contribution is -2.24. The van der Waals surface area contributed by atoms with Gasteiger partial charge < -0.3 is 10.1 Å². The molecule has 3 rings (SSSR count). The molecule has 0 radical (unpaired) electrons. The van der Waals surface area contributed by atoms with Gasteiger partial charge in [-0.25, -0.2) is 13.1 Å². The number of nitrogens with one attached hydrogen (secondary N) is 2. The molecular formula is C22H24N2O4S. The van der Waals surface area contributed by atoms with Crippen molar-refractivity contribution >= 4 is 26.7 Å². The molecule has 7 heteroatoms. The van der Waals surface area contributed by atoms with Gasteiger partial charge >= 0.3 is 0 Å². The molecule has 0 fully saturated rings. The number of carbonyl (C=O) groups is 1. The molecule has 1 amide bonds. The zero-order chi connectivity index (χ0) is 21.0. The van der Waals surface area contributed by atoms with Crippen LogP contribution >= 0.6 is 0 Å². The average molecular weight is 413 g/mol. The van der Waals surface area contributed by atoms with E-state index in [1.54, 1.807) is 55.6 Å². The summed E-state index contributed by atoms with van der Waals surface area (Å²) in [6, 6.07) is 17.3. The van der Waals surface area contributed by atoms with Gasteiger partial charge in [0.2, 0.25) is 10.0 Å². The van der Waals surface area contributed by atoms with Gasteiger partial charge in [0.05, 0.1) is 11.0 Å². The first-order chi connectivity index (χ1) is 13.8. The lowest BCUT2D eigenvalue weighted by atomic mass is 10.1. The summed E-state index contributed by atoms with van der Waals surface area (Å²) in [7, 11) is -2.22. The normalized spacial score (nSPS) is 11.6. The van der Waals surface area contributed by atoms with Crippen molar-refractivity contribution in [3.8, 4) is 5.75 Å². The van der Waals surface area contributed by atoms with Crippen molar-refractivity contribution in [2.75, 3.05) is 7.05 Å². The van der Waals surface area contributed by atoms with E-state index in [4.69, 9.17) is 4.74 Å². The van der Waals surface area contributed by atoms with Gasteiger partial charge in [0, 0.05) is 29.9 Å². The molecule has 0 saturated carbocycles. The van der Waals surface area contributed by atoms with E-state index >= 15 is 0 Å². The fourth-order valence-corrected chi connectivity index (χ4v) is 4.28. The van der Waals surface area contributed by atoms with Crippen molar-refractivity contribution in [1.29, 1.82) is 0 Å². The molecule has 0 bridgehead atoms. The van der Waals surface area contributed by atoms with Crippen molar-refractivity contribution < 1.29 is 17.9 Å². The number of sulfonamides is 1. The van der Waals surface area contributed by atoms with E-state index in [-0.39, 0.29) is 23.5 Å². The van der Waals surface area contributed by atoms with Gasteiger partial charge in [0.25, 0.3) is 5.91 Å². The molecular weight excluding hydrogens is 388 g/mol.